The number of rotatable bonds is 5. The van der Waals surface area contributed by atoms with E-state index < -0.39 is 11.6 Å². The summed E-state index contributed by atoms with van der Waals surface area (Å²) in [5, 5.41) is 4.74. The summed E-state index contributed by atoms with van der Waals surface area (Å²) in [6.07, 6.45) is 0.732. The van der Waals surface area contributed by atoms with Crippen LogP contribution in [0.5, 0.6) is 0 Å². The number of aryl methyl sites for hydroxylation is 2. The highest BCUT2D eigenvalue weighted by atomic mass is 35.5. The van der Waals surface area contributed by atoms with E-state index in [1.54, 1.807) is 17.8 Å². The Bertz CT molecular complexity index is 642. The van der Waals surface area contributed by atoms with Gasteiger partial charge in [-0.25, -0.2) is 8.78 Å². The second kappa shape index (κ2) is 6.51. The van der Waals surface area contributed by atoms with Crippen molar-refractivity contribution in [2.45, 2.75) is 25.8 Å². The molecule has 114 valence electrons. The van der Waals surface area contributed by atoms with E-state index in [-0.39, 0.29) is 18.0 Å². The molecule has 3 N–H and O–H groups in total. The molecule has 0 spiro atoms. The Morgan fingerprint density at radius 1 is 1.38 bits per heavy atom. The summed E-state index contributed by atoms with van der Waals surface area (Å²) >= 11 is 6.17. The van der Waals surface area contributed by atoms with Crippen molar-refractivity contribution < 1.29 is 8.78 Å². The van der Waals surface area contributed by atoms with Gasteiger partial charge in [0.05, 0.1) is 5.69 Å². The topological polar surface area (TPSA) is 55.9 Å². The summed E-state index contributed by atoms with van der Waals surface area (Å²) in [6.45, 7) is 1.84. The summed E-state index contributed by atoms with van der Waals surface area (Å²) in [5.41, 5.74) is 4.54. The maximum atomic E-state index is 13.7. The smallest absolute Gasteiger partial charge is 0.162 e. The zero-order chi connectivity index (χ0) is 15.6. The van der Waals surface area contributed by atoms with Gasteiger partial charge in [0, 0.05) is 18.7 Å². The highest BCUT2D eigenvalue weighted by Crippen LogP contribution is 2.22. The van der Waals surface area contributed by atoms with Gasteiger partial charge in [0.25, 0.3) is 0 Å². The largest absolute Gasteiger partial charge is 0.271 e. The van der Waals surface area contributed by atoms with Crippen LogP contribution in [0, 0.1) is 18.6 Å². The van der Waals surface area contributed by atoms with Crippen molar-refractivity contribution in [3.05, 3.63) is 51.8 Å². The number of hydrogen-bond donors (Lipinski definition) is 2. The van der Waals surface area contributed by atoms with Gasteiger partial charge in [-0.1, -0.05) is 23.7 Å². The molecule has 1 atom stereocenters. The maximum absolute atomic E-state index is 13.7. The summed E-state index contributed by atoms with van der Waals surface area (Å²) < 4.78 is 28.5. The first-order valence-electron chi connectivity index (χ1n) is 6.51. The zero-order valence-electron chi connectivity index (χ0n) is 11.8. The third-order valence-corrected chi connectivity index (χ3v) is 3.93. The Balaban J connectivity index is 2.19. The zero-order valence-corrected chi connectivity index (χ0v) is 12.6. The van der Waals surface area contributed by atoms with Crippen LogP contribution in [0.4, 0.5) is 8.78 Å². The van der Waals surface area contributed by atoms with E-state index in [1.165, 1.54) is 6.07 Å². The van der Waals surface area contributed by atoms with Crippen molar-refractivity contribution in [2.24, 2.45) is 12.9 Å². The minimum Gasteiger partial charge on any atom is -0.271 e. The first-order chi connectivity index (χ1) is 9.93. The van der Waals surface area contributed by atoms with Crippen molar-refractivity contribution in [1.82, 2.24) is 15.2 Å². The van der Waals surface area contributed by atoms with Crippen LogP contribution in [-0.4, -0.2) is 15.8 Å². The van der Waals surface area contributed by atoms with E-state index in [2.05, 4.69) is 10.5 Å². The van der Waals surface area contributed by atoms with Gasteiger partial charge in [-0.15, -0.1) is 0 Å². The predicted octanol–water partition coefficient (Wildman–Crippen LogP) is 2.28. The van der Waals surface area contributed by atoms with Gasteiger partial charge in [0.2, 0.25) is 0 Å². The van der Waals surface area contributed by atoms with Crippen LogP contribution >= 0.6 is 11.6 Å². The van der Waals surface area contributed by atoms with E-state index in [0.717, 1.165) is 17.3 Å². The number of nitrogens with zero attached hydrogens (tertiary/aromatic N) is 2. The molecular weight excluding hydrogens is 298 g/mol. The molecule has 21 heavy (non-hydrogen) atoms. The number of nitrogens with one attached hydrogen (secondary N) is 1. The Kier molecular flexibility index (Phi) is 4.92. The van der Waals surface area contributed by atoms with Crippen molar-refractivity contribution in [1.29, 1.82) is 0 Å². The van der Waals surface area contributed by atoms with Crippen molar-refractivity contribution in [3.8, 4) is 0 Å². The molecule has 0 amide bonds. The second-order valence-corrected chi connectivity index (χ2v) is 5.32. The van der Waals surface area contributed by atoms with Gasteiger partial charge in [-0.2, -0.15) is 5.10 Å². The normalized spacial score (nSPS) is 12.7. The number of hydrogen-bond acceptors (Lipinski definition) is 3. The minimum atomic E-state index is -0.862. The lowest BCUT2D eigenvalue weighted by molar-refractivity contribution is 0.473. The van der Waals surface area contributed by atoms with E-state index in [1.807, 2.05) is 6.92 Å². The lowest BCUT2D eigenvalue weighted by atomic mass is 9.99. The second-order valence-electron chi connectivity index (χ2n) is 4.96. The molecule has 1 aromatic carbocycles. The maximum Gasteiger partial charge on any atom is 0.162 e. The third kappa shape index (κ3) is 3.40. The summed E-state index contributed by atoms with van der Waals surface area (Å²) in [7, 11) is 1.75. The monoisotopic (exact) mass is 314 g/mol. The molecule has 0 aliphatic heterocycles. The highest BCUT2D eigenvalue weighted by molar-refractivity contribution is 6.30. The SMILES string of the molecule is Cc1nn(C)c(Cl)c1CC(Cc1cccc(F)c1F)NN. The molecule has 2 aromatic rings. The molecule has 1 heterocycles. The van der Waals surface area contributed by atoms with Crippen molar-refractivity contribution >= 4 is 11.6 Å². The fraction of sp³-hybridized carbons (Fsp3) is 0.357. The number of halogens is 3. The molecule has 0 aliphatic rings. The van der Waals surface area contributed by atoms with Gasteiger partial charge in [-0.3, -0.25) is 16.0 Å². The first-order valence-corrected chi connectivity index (χ1v) is 6.88. The van der Waals surface area contributed by atoms with E-state index in [0.29, 0.717) is 11.6 Å². The van der Waals surface area contributed by atoms with Crippen LogP contribution in [-0.2, 0) is 19.9 Å². The molecule has 7 heteroatoms. The van der Waals surface area contributed by atoms with E-state index >= 15 is 0 Å². The average Bonchev–Trinajstić information content (AvgIpc) is 2.69. The Morgan fingerprint density at radius 3 is 2.67 bits per heavy atom. The van der Waals surface area contributed by atoms with E-state index in [9.17, 15) is 8.78 Å². The molecule has 0 saturated heterocycles. The summed E-state index contributed by atoms with van der Waals surface area (Å²) in [5.74, 6) is 3.82. The molecule has 1 aromatic heterocycles. The standard InChI is InChI=1S/C14H17ClF2N4/c1-8-11(14(15)21(2)20-8)7-10(19-18)6-9-4-3-5-12(16)13(9)17/h3-5,10,19H,6-7,18H2,1-2H3. The molecule has 0 saturated carbocycles. The van der Waals surface area contributed by atoms with Crippen LogP contribution in [0.3, 0.4) is 0 Å². The first kappa shape index (κ1) is 15.9. The molecule has 0 aliphatic carbocycles. The molecule has 1 unspecified atom stereocenters. The van der Waals surface area contributed by atoms with Gasteiger partial charge >= 0.3 is 0 Å². The molecular formula is C14H17ClF2N4. The van der Waals surface area contributed by atoms with E-state index in [4.69, 9.17) is 17.4 Å². The summed E-state index contributed by atoms with van der Waals surface area (Å²) in [6, 6.07) is 3.83. The lowest BCUT2D eigenvalue weighted by Crippen LogP contribution is -2.38. The van der Waals surface area contributed by atoms with Gasteiger partial charge < -0.3 is 0 Å². The predicted molar refractivity (Wildman–Crippen MR) is 77.8 cm³/mol. The Morgan fingerprint density at radius 2 is 2.10 bits per heavy atom. The third-order valence-electron chi connectivity index (χ3n) is 3.45. The molecule has 0 bridgehead atoms. The Labute approximate surface area is 126 Å². The van der Waals surface area contributed by atoms with Crippen LogP contribution in [0.1, 0.15) is 16.8 Å². The summed E-state index contributed by atoms with van der Waals surface area (Å²) in [4.78, 5) is 0. The quantitative estimate of drug-likeness (QED) is 0.657. The van der Waals surface area contributed by atoms with Gasteiger partial charge in [0.1, 0.15) is 5.15 Å². The highest BCUT2D eigenvalue weighted by Gasteiger charge is 2.19. The van der Waals surface area contributed by atoms with Crippen LogP contribution in [0.2, 0.25) is 5.15 Å². The fourth-order valence-corrected chi connectivity index (χ4v) is 2.57. The van der Waals surface area contributed by atoms with Crippen LogP contribution in [0.25, 0.3) is 0 Å². The minimum absolute atomic E-state index is 0.255. The van der Waals surface area contributed by atoms with Crippen molar-refractivity contribution in [2.75, 3.05) is 0 Å². The van der Waals surface area contributed by atoms with Crippen LogP contribution in [0.15, 0.2) is 18.2 Å². The number of benzene rings is 1. The number of aromatic nitrogens is 2. The van der Waals surface area contributed by atoms with Crippen LogP contribution < -0.4 is 11.3 Å². The molecule has 2 rings (SSSR count). The van der Waals surface area contributed by atoms with Crippen molar-refractivity contribution in [3.63, 3.8) is 0 Å². The molecule has 0 radical (unpaired) electrons. The number of hydrazine groups is 1. The fourth-order valence-electron chi connectivity index (χ4n) is 2.31. The number of nitrogens with two attached hydrogens (primary N) is 1. The average molecular weight is 315 g/mol. The molecule has 4 nitrogen and oxygen atoms in total. The van der Waals surface area contributed by atoms with Gasteiger partial charge in [-0.05, 0) is 31.4 Å². The molecule has 0 fully saturated rings. The van der Waals surface area contributed by atoms with Gasteiger partial charge in [0.15, 0.2) is 11.6 Å². The lowest BCUT2D eigenvalue weighted by Gasteiger charge is -2.16. The Hall–Kier alpha value is -1.50.